The number of nitrogens with one attached hydrogen (secondary N) is 2. The smallest absolute Gasteiger partial charge is 0.321 e. The lowest BCUT2D eigenvalue weighted by Crippen LogP contribution is -2.45. The summed E-state index contributed by atoms with van der Waals surface area (Å²) in [5.74, 6) is -1.52. The highest BCUT2D eigenvalue weighted by Gasteiger charge is 2.22. The zero-order chi connectivity index (χ0) is 18.2. The van der Waals surface area contributed by atoms with E-state index in [2.05, 4.69) is 15.5 Å². The molecule has 1 amide bonds. The molecule has 7 nitrogen and oxygen atoms in total. The van der Waals surface area contributed by atoms with Crippen molar-refractivity contribution in [1.82, 2.24) is 10.2 Å². The molecule has 1 heterocycles. The van der Waals surface area contributed by atoms with Crippen LogP contribution in [0.1, 0.15) is 6.42 Å². The van der Waals surface area contributed by atoms with Crippen LogP contribution < -0.4 is 10.6 Å². The monoisotopic (exact) mass is 389 g/mol. The van der Waals surface area contributed by atoms with E-state index in [9.17, 15) is 14.7 Å². The number of benzene rings is 1. The second-order valence-electron chi connectivity index (χ2n) is 5.65. The average molecular weight is 390 g/mol. The van der Waals surface area contributed by atoms with Crippen molar-refractivity contribution < 1.29 is 19.4 Å². The highest BCUT2D eigenvalue weighted by atomic mass is 35.5. The van der Waals surface area contributed by atoms with Crippen LogP contribution in [0.2, 0.25) is 10.0 Å². The van der Waals surface area contributed by atoms with Crippen molar-refractivity contribution in [3.63, 3.8) is 0 Å². The van der Waals surface area contributed by atoms with Gasteiger partial charge in [0.2, 0.25) is 5.91 Å². The molecule has 1 fully saturated rings. The van der Waals surface area contributed by atoms with Gasteiger partial charge in [-0.05, 0) is 12.1 Å². The van der Waals surface area contributed by atoms with Crippen LogP contribution in [0, 0.1) is 0 Å². The van der Waals surface area contributed by atoms with E-state index in [0.717, 1.165) is 13.1 Å². The van der Waals surface area contributed by atoms with Gasteiger partial charge < -0.3 is 20.5 Å². The van der Waals surface area contributed by atoms with Crippen LogP contribution in [0.15, 0.2) is 18.2 Å². The lowest BCUT2D eigenvalue weighted by atomic mass is 10.2. The second kappa shape index (κ2) is 9.94. The van der Waals surface area contributed by atoms with Crippen molar-refractivity contribution in [2.24, 2.45) is 0 Å². The van der Waals surface area contributed by atoms with Gasteiger partial charge in [0.1, 0.15) is 6.04 Å². The second-order valence-corrected chi connectivity index (χ2v) is 6.44. The maximum absolute atomic E-state index is 12.1. The Kier molecular flexibility index (Phi) is 7.92. The number of carbonyl (C=O) groups is 2. The molecule has 0 aromatic heterocycles. The van der Waals surface area contributed by atoms with E-state index in [1.54, 1.807) is 18.2 Å². The molecule has 1 aliphatic rings. The minimum atomic E-state index is -1.07. The van der Waals surface area contributed by atoms with Gasteiger partial charge >= 0.3 is 5.97 Å². The van der Waals surface area contributed by atoms with Crippen LogP contribution >= 0.6 is 23.2 Å². The molecule has 0 unspecified atom stereocenters. The molecule has 1 aromatic carbocycles. The van der Waals surface area contributed by atoms with Crippen molar-refractivity contribution in [3.05, 3.63) is 28.2 Å². The standard InChI is InChI=1S/C16H21Cl2N3O4/c17-11-2-1-3-12(15(11)18)20-14(22)10-13(16(23)24)19-4-5-21-6-8-25-9-7-21/h1-3,13,19H,4-10H2,(H,20,22)(H,23,24)/t13-/m0/s1. The highest BCUT2D eigenvalue weighted by Crippen LogP contribution is 2.29. The number of hydrogen-bond donors (Lipinski definition) is 3. The van der Waals surface area contributed by atoms with Crippen molar-refractivity contribution >= 4 is 40.8 Å². The van der Waals surface area contributed by atoms with Crippen molar-refractivity contribution in [2.45, 2.75) is 12.5 Å². The van der Waals surface area contributed by atoms with E-state index < -0.39 is 17.9 Å². The van der Waals surface area contributed by atoms with Gasteiger partial charge in [0.25, 0.3) is 0 Å². The third kappa shape index (κ3) is 6.45. The number of morpholine rings is 1. The fourth-order valence-electron chi connectivity index (χ4n) is 2.46. The summed E-state index contributed by atoms with van der Waals surface area (Å²) >= 11 is 11.9. The first-order valence-electron chi connectivity index (χ1n) is 7.97. The Morgan fingerprint density at radius 2 is 2.00 bits per heavy atom. The zero-order valence-corrected chi connectivity index (χ0v) is 15.1. The Hall–Kier alpha value is -1.38. The van der Waals surface area contributed by atoms with Gasteiger partial charge in [0.05, 0.1) is 35.4 Å². The van der Waals surface area contributed by atoms with E-state index in [1.807, 2.05) is 0 Å². The summed E-state index contributed by atoms with van der Waals surface area (Å²) in [5, 5.41) is 15.3. The number of anilines is 1. The van der Waals surface area contributed by atoms with Crippen LogP contribution in [-0.4, -0.2) is 67.3 Å². The number of rotatable bonds is 8. The lowest BCUT2D eigenvalue weighted by Gasteiger charge is -2.27. The third-order valence-corrected chi connectivity index (χ3v) is 4.65. The number of ether oxygens (including phenoxy) is 1. The average Bonchev–Trinajstić information content (AvgIpc) is 2.59. The zero-order valence-electron chi connectivity index (χ0n) is 13.6. The first kappa shape index (κ1) is 19.9. The summed E-state index contributed by atoms with van der Waals surface area (Å²) in [6.45, 7) is 4.20. The SMILES string of the molecule is O=C(C[C@H](NCCN1CCOCC1)C(=O)O)Nc1cccc(Cl)c1Cl. The van der Waals surface area contributed by atoms with E-state index >= 15 is 0 Å². The van der Waals surface area contributed by atoms with Gasteiger partial charge in [-0.1, -0.05) is 29.3 Å². The molecule has 3 N–H and O–H groups in total. The quantitative estimate of drug-likeness (QED) is 0.626. The topological polar surface area (TPSA) is 90.9 Å². The van der Waals surface area contributed by atoms with Gasteiger partial charge in [-0.3, -0.25) is 14.5 Å². The van der Waals surface area contributed by atoms with Crippen molar-refractivity contribution in [1.29, 1.82) is 0 Å². The minimum absolute atomic E-state index is 0.207. The molecule has 1 aliphatic heterocycles. The fraction of sp³-hybridized carbons (Fsp3) is 0.500. The summed E-state index contributed by atoms with van der Waals surface area (Å²) in [6, 6.07) is 3.89. The van der Waals surface area contributed by atoms with Gasteiger partial charge in [-0.25, -0.2) is 0 Å². The molecule has 0 spiro atoms. The summed E-state index contributed by atoms with van der Waals surface area (Å²) in [7, 11) is 0. The number of amides is 1. The van der Waals surface area contributed by atoms with Crippen LogP contribution in [0.3, 0.4) is 0 Å². The molecule has 0 saturated carbocycles. The van der Waals surface area contributed by atoms with Crippen LogP contribution in [0.4, 0.5) is 5.69 Å². The first-order valence-corrected chi connectivity index (χ1v) is 8.73. The van der Waals surface area contributed by atoms with Gasteiger partial charge in [0, 0.05) is 26.2 Å². The number of aliphatic carboxylic acids is 1. The molecule has 9 heteroatoms. The molecule has 1 saturated heterocycles. The van der Waals surface area contributed by atoms with Crippen molar-refractivity contribution in [2.75, 3.05) is 44.7 Å². The van der Waals surface area contributed by atoms with Gasteiger partial charge in [0.15, 0.2) is 0 Å². The Labute approximate surface area is 156 Å². The van der Waals surface area contributed by atoms with E-state index in [4.69, 9.17) is 27.9 Å². The summed E-state index contributed by atoms with van der Waals surface area (Å²) < 4.78 is 5.26. The number of hydrogen-bond acceptors (Lipinski definition) is 5. The predicted octanol–water partition coefficient (Wildman–Crippen LogP) is 1.70. The molecule has 25 heavy (non-hydrogen) atoms. The van der Waals surface area contributed by atoms with E-state index in [1.165, 1.54) is 0 Å². The van der Waals surface area contributed by atoms with Crippen LogP contribution in [0.25, 0.3) is 0 Å². The summed E-state index contributed by atoms with van der Waals surface area (Å²) in [5.41, 5.74) is 0.358. The third-order valence-electron chi connectivity index (χ3n) is 3.84. The number of carboxylic acids is 1. The van der Waals surface area contributed by atoms with Crippen LogP contribution in [0.5, 0.6) is 0 Å². The van der Waals surface area contributed by atoms with E-state index in [-0.39, 0.29) is 11.4 Å². The Balaban J connectivity index is 1.82. The number of carboxylic acid groups (broad SMARTS) is 1. The molecule has 1 atom stereocenters. The van der Waals surface area contributed by atoms with Crippen molar-refractivity contribution in [3.8, 4) is 0 Å². The highest BCUT2D eigenvalue weighted by molar-refractivity contribution is 6.43. The molecule has 2 rings (SSSR count). The molecule has 1 aromatic rings. The van der Waals surface area contributed by atoms with Gasteiger partial charge in [-0.15, -0.1) is 0 Å². The Morgan fingerprint density at radius 3 is 2.68 bits per heavy atom. The molecular weight excluding hydrogens is 369 g/mol. The molecule has 0 bridgehead atoms. The first-order chi connectivity index (χ1) is 12.0. The predicted molar refractivity (Wildman–Crippen MR) is 96.4 cm³/mol. The maximum atomic E-state index is 12.1. The molecular formula is C16H21Cl2N3O4. The number of nitrogens with zero attached hydrogens (tertiary/aromatic N) is 1. The van der Waals surface area contributed by atoms with E-state index in [0.29, 0.717) is 37.0 Å². The van der Waals surface area contributed by atoms with Gasteiger partial charge in [-0.2, -0.15) is 0 Å². The summed E-state index contributed by atoms with van der Waals surface area (Å²) in [6.07, 6.45) is -0.207. The lowest BCUT2D eigenvalue weighted by molar-refractivity contribution is -0.141. The molecule has 0 aliphatic carbocycles. The summed E-state index contributed by atoms with van der Waals surface area (Å²) in [4.78, 5) is 25.7. The number of halogens is 2. The Morgan fingerprint density at radius 1 is 1.28 bits per heavy atom. The fourth-order valence-corrected chi connectivity index (χ4v) is 2.80. The normalized spacial score (nSPS) is 16.4. The minimum Gasteiger partial charge on any atom is -0.480 e. The molecule has 0 radical (unpaired) electrons. The Bertz CT molecular complexity index is 609. The number of carbonyl (C=O) groups excluding carboxylic acids is 1. The largest absolute Gasteiger partial charge is 0.480 e. The van der Waals surface area contributed by atoms with Crippen LogP contribution in [-0.2, 0) is 14.3 Å². The molecule has 138 valence electrons. The maximum Gasteiger partial charge on any atom is 0.321 e.